The SMILES string of the molecule is CC(C)(C)C(=O)CC(=O)C(C)(C)[CH2][Zr]([CH2]C(C)(C)C(=O)CC(=O)C(C)(C)C)([CH2]C(C)(C)C(=O)CC(=O)C(C)(C)C)[CH2]C(C)(C)C(=O)CC(=O)C(C)(C)C. The molecule has 0 rings (SSSR count). The first kappa shape index (κ1) is 51.2. The number of hydrogen-bond acceptors (Lipinski definition) is 8. The van der Waals surface area contributed by atoms with E-state index in [9.17, 15) is 38.4 Å². The molecule has 8 nitrogen and oxygen atoms in total. The van der Waals surface area contributed by atoms with Gasteiger partial charge in [-0.3, -0.25) is 0 Å². The van der Waals surface area contributed by atoms with Crippen LogP contribution >= 0.6 is 0 Å². The molecule has 0 spiro atoms. The van der Waals surface area contributed by atoms with E-state index >= 15 is 0 Å². The molecule has 0 saturated carbocycles. The van der Waals surface area contributed by atoms with E-state index in [4.69, 9.17) is 0 Å². The topological polar surface area (TPSA) is 137 Å². The summed E-state index contributed by atoms with van der Waals surface area (Å²) in [5.74, 6) is -1.76. The number of rotatable bonds is 20. The predicted molar refractivity (Wildman–Crippen MR) is 211 cm³/mol. The van der Waals surface area contributed by atoms with E-state index in [2.05, 4.69) is 0 Å². The fourth-order valence-electron chi connectivity index (χ4n) is 7.12. The first-order valence-electron chi connectivity index (χ1n) is 19.3. The zero-order chi connectivity index (χ0) is 42.8. The van der Waals surface area contributed by atoms with Gasteiger partial charge in [0.1, 0.15) is 0 Å². The molecule has 0 saturated heterocycles. The second kappa shape index (κ2) is 17.2. The Labute approximate surface area is 327 Å². The molecule has 0 heterocycles. The molecule has 9 heteroatoms. The van der Waals surface area contributed by atoms with Gasteiger partial charge in [-0.25, -0.2) is 0 Å². The van der Waals surface area contributed by atoms with Gasteiger partial charge >= 0.3 is 329 Å². The van der Waals surface area contributed by atoms with Crippen molar-refractivity contribution in [3.8, 4) is 0 Å². The van der Waals surface area contributed by atoms with Gasteiger partial charge < -0.3 is 0 Å². The second-order valence-corrected chi connectivity index (χ2v) is 33.7. The molecule has 0 aliphatic heterocycles. The van der Waals surface area contributed by atoms with E-state index in [-0.39, 0.29) is 71.9 Å². The summed E-state index contributed by atoms with van der Waals surface area (Å²) in [4.78, 5) is 109. The Kier molecular flexibility index (Phi) is 16.6. The molecule has 0 atom stereocenters. The molecule has 0 unspecified atom stereocenters. The van der Waals surface area contributed by atoms with Crippen LogP contribution in [0.1, 0.15) is 164 Å². The van der Waals surface area contributed by atoms with Crippen molar-refractivity contribution in [2.45, 2.75) is 181 Å². The monoisotopic (exact) mass is 822 g/mol. The maximum atomic E-state index is 14.1. The van der Waals surface area contributed by atoms with Crippen LogP contribution in [0.5, 0.6) is 0 Å². The molecule has 0 aliphatic rings. The van der Waals surface area contributed by atoms with Gasteiger partial charge in [0.25, 0.3) is 0 Å². The van der Waals surface area contributed by atoms with Gasteiger partial charge in [-0.1, -0.05) is 0 Å². The molecule has 0 aromatic carbocycles. The van der Waals surface area contributed by atoms with Crippen molar-refractivity contribution in [3.05, 3.63) is 0 Å². The van der Waals surface area contributed by atoms with Crippen LogP contribution in [-0.4, -0.2) is 46.3 Å². The van der Waals surface area contributed by atoms with Gasteiger partial charge in [-0.05, 0) is 0 Å². The van der Waals surface area contributed by atoms with Gasteiger partial charge in [0, 0.05) is 0 Å². The zero-order valence-corrected chi connectivity index (χ0v) is 39.9. The van der Waals surface area contributed by atoms with Crippen LogP contribution in [0.3, 0.4) is 0 Å². The molecule has 0 aliphatic carbocycles. The first-order chi connectivity index (χ1) is 23.0. The quantitative estimate of drug-likeness (QED) is 0.111. The molecule has 0 radical (unpaired) electrons. The molecule has 0 amide bonds. The Balaban J connectivity index is 7.80. The van der Waals surface area contributed by atoms with Gasteiger partial charge in [-0.15, -0.1) is 0 Å². The summed E-state index contributed by atoms with van der Waals surface area (Å²) in [6, 6.07) is 0. The van der Waals surface area contributed by atoms with E-state index in [0.717, 1.165) is 0 Å². The zero-order valence-electron chi connectivity index (χ0n) is 37.4. The van der Waals surface area contributed by atoms with Crippen LogP contribution in [0.2, 0.25) is 16.5 Å². The normalized spacial score (nSPS) is 14.1. The molecule has 53 heavy (non-hydrogen) atoms. The van der Waals surface area contributed by atoms with Gasteiger partial charge in [0.05, 0.1) is 0 Å². The summed E-state index contributed by atoms with van der Waals surface area (Å²) >= 11 is -4.44. The van der Waals surface area contributed by atoms with Crippen molar-refractivity contribution < 1.29 is 58.6 Å². The van der Waals surface area contributed by atoms with Gasteiger partial charge in [0.15, 0.2) is 0 Å². The minimum atomic E-state index is -4.44. The average molecular weight is 824 g/mol. The van der Waals surface area contributed by atoms with E-state index < -0.39 is 63.6 Å². The molecule has 0 N–H and O–H groups in total. The predicted octanol–water partition coefficient (Wildman–Crippen LogP) is 10.2. The fourth-order valence-corrected chi connectivity index (χ4v) is 29.3. The number of ketones is 8. The third-order valence-electron chi connectivity index (χ3n) is 10.9. The van der Waals surface area contributed by atoms with Crippen LogP contribution in [0.4, 0.5) is 0 Å². The summed E-state index contributed by atoms with van der Waals surface area (Å²) in [5.41, 5.74) is -7.17. The Hall–Kier alpha value is -1.76. The third-order valence-corrected chi connectivity index (χ3v) is 27.0. The van der Waals surface area contributed by atoms with Crippen LogP contribution in [0, 0.1) is 43.3 Å². The molecule has 0 aromatic heterocycles. The van der Waals surface area contributed by atoms with Crippen LogP contribution in [-0.2, 0) is 58.6 Å². The summed E-state index contributed by atoms with van der Waals surface area (Å²) < 4.78 is 1.26. The number of hydrogen-bond donors (Lipinski definition) is 0. The number of carbonyl (C=O) groups excluding carboxylic acids is 8. The second-order valence-electron chi connectivity index (χ2n) is 22.8. The van der Waals surface area contributed by atoms with E-state index in [0.29, 0.717) is 16.5 Å². The van der Waals surface area contributed by atoms with E-state index in [1.165, 1.54) is 0 Å². The first-order valence-corrected chi connectivity index (χ1v) is 26.2. The van der Waals surface area contributed by atoms with Gasteiger partial charge in [-0.2, -0.15) is 0 Å². The number of carbonyl (C=O) groups is 8. The van der Waals surface area contributed by atoms with Crippen molar-refractivity contribution in [1.82, 2.24) is 0 Å². The maximum absolute atomic E-state index is 14.1. The van der Waals surface area contributed by atoms with Crippen LogP contribution in [0.15, 0.2) is 0 Å². The summed E-state index contributed by atoms with van der Waals surface area (Å²) in [7, 11) is 0. The van der Waals surface area contributed by atoms with Crippen molar-refractivity contribution in [2.24, 2.45) is 43.3 Å². The van der Waals surface area contributed by atoms with Gasteiger partial charge in [0.2, 0.25) is 0 Å². The minimum absolute atomic E-state index is 0.194. The van der Waals surface area contributed by atoms with Crippen molar-refractivity contribution in [2.75, 3.05) is 0 Å². The Morgan fingerprint density at radius 1 is 0.264 bits per heavy atom. The Morgan fingerprint density at radius 2 is 0.396 bits per heavy atom. The number of Topliss-reactive ketones (excluding diaryl/α,β-unsaturated/α-hetero) is 8. The third kappa shape index (κ3) is 15.7. The standard InChI is InChI=1S/4C11H19O2.Zr/c4*1-10(2,3)8(12)7-9(13)11(4,5)6;/h4*1,7H2,2-6H3;. The Morgan fingerprint density at radius 3 is 0.509 bits per heavy atom. The molecule has 0 bridgehead atoms. The molecule has 0 fully saturated rings. The average Bonchev–Trinajstić information content (AvgIpc) is 2.89. The van der Waals surface area contributed by atoms with Crippen LogP contribution < -0.4 is 0 Å². The van der Waals surface area contributed by atoms with Crippen LogP contribution in [0.25, 0.3) is 0 Å². The van der Waals surface area contributed by atoms with E-state index in [1.807, 2.05) is 55.4 Å². The summed E-state index contributed by atoms with van der Waals surface area (Å²) in [5, 5.41) is 0. The molecular formula is C44H76O8Zr. The Bertz CT molecular complexity index is 1220. The van der Waals surface area contributed by atoms with Crippen molar-refractivity contribution >= 4 is 46.3 Å². The fraction of sp³-hybridized carbons (Fsp3) is 0.818. The molecule has 304 valence electrons. The van der Waals surface area contributed by atoms with Crippen molar-refractivity contribution in [1.29, 1.82) is 0 Å². The molecular weight excluding hydrogens is 748 g/mol. The van der Waals surface area contributed by atoms with E-state index in [1.54, 1.807) is 83.1 Å². The summed E-state index contributed by atoms with van der Waals surface area (Å²) in [6.45, 7) is 35.7. The van der Waals surface area contributed by atoms with Crippen molar-refractivity contribution in [3.63, 3.8) is 0 Å². The molecule has 0 aromatic rings. The summed E-state index contributed by atoms with van der Waals surface area (Å²) in [6.07, 6.45) is -1.09.